The molecular weight excluding hydrogens is 354 g/mol. The minimum absolute atomic E-state index is 0.0569. The molecule has 0 bridgehead atoms. The monoisotopic (exact) mass is 379 g/mol. The van der Waals surface area contributed by atoms with Gasteiger partial charge in [-0.05, 0) is 36.8 Å². The maximum atomic E-state index is 11.0. The smallest absolute Gasteiger partial charge is 0.225 e. The molecule has 28 heavy (non-hydrogen) atoms. The quantitative estimate of drug-likeness (QED) is 0.521. The molecule has 3 N–H and O–H groups in total. The molecule has 0 fully saturated rings. The van der Waals surface area contributed by atoms with E-state index in [1.807, 2.05) is 43.3 Å². The van der Waals surface area contributed by atoms with E-state index in [4.69, 9.17) is 4.74 Å². The number of carbonyl (C=O) groups is 1. The summed E-state index contributed by atoms with van der Waals surface area (Å²) in [6.07, 6.45) is 0. The van der Waals surface area contributed by atoms with E-state index >= 15 is 0 Å². The Balaban J connectivity index is 1.79. The van der Waals surface area contributed by atoms with Crippen LogP contribution in [0.2, 0.25) is 0 Å². The lowest BCUT2D eigenvalue weighted by molar-refractivity contribution is -0.118. The van der Waals surface area contributed by atoms with Gasteiger partial charge in [-0.25, -0.2) is 4.98 Å². The second kappa shape index (κ2) is 9.03. The molecule has 0 saturated heterocycles. The lowest BCUT2D eigenvalue weighted by Crippen LogP contribution is -2.26. The molecule has 0 atom stereocenters. The van der Waals surface area contributed by atoms with Crippen LogP contribution < -0.4 is 20.7 Å². The SMILES string of the molecule is COc1ccc(CNc2nc(NCCNC(C)=O)nc3ccc(C)cc23)cc1. The van der Waals surface area contributed by atoms with E-state index in [1.54, 1.807) is 7.11 Å². The fraction of sp³-hybridized carbons (Fsp3) is 0.286. The van der Waals surface area contributed by atoms with Crippen LogP contribution in [0.15, 0.2) is 42.5 Å². The number of nitrogens with zero attached hydrogens (tertiary/aromatic N) is 2. The van der Waals surface area contributed by atoms with Gasteiger partial charge in [0.2, 0.25) is 11.9 Å². The van der Waals surface area contributed by atoms with Crippen LogP contribution in [0.1, 0.15) is 18.1 Å². The van der Waals surface area contributed by atoms with Crippen molar-refractivity contribution in [3.05, 3.63) is 53.6 Å². The molecule has 1 aromatic heterocycles. The highest BCUT2D eigenvalue weighted by Crippen LogP contribution is 2.24. The van der Waals surface area contributed by atoms with Crippen molar-refractivity contribution in [1.29, 1.82) is 0 Å². The highest BCUT2D eigenvalue weighted by atomic mass is 16.5. The van der Waals surface area contributed by atoms with E-state index in [-0.39, 0.29) is 5.91 Å². The van der Waals surface area contributed by atoms with E-state index in [9.17, 15) is 4.79 Å². The van der Waals surface area contributed by atoms with Gasteiger partial charge in [0.05, 0.1) is 12.6 Å². The maximum Gasteiger partial charge on any atom is 0.225 e. The zero-order valence-corrected chi connectivity index (χ0v) is 16.4. The second-order valence-corrected chi connectivity index (χ2v) is 6.53. The first-order chi connectivity index (χ1) is 13.5. The molecule has 7 nitrogen and oxygen atoms in total. The van der Waals surface area contributed by atoms with Crippen LogP contribution in [-0.4, -0.2) is 36.1 Å². The predicted molar refractivity (Wildman–Crippen MR) is 112 cm³/mol. The van der Waals surface area contributed by atoms with Gasteiger partial charge in [0.15, 0.2) is 0 Å². The molecule has 0 radical (unpaired) electrons. The molecule has 2 aromatic carbocycles. The van der Waals surface area contributed by atoms with Crippen molar-refractivity contribution in [2.45, 2.75) is 20.4 Å². The molecule has 0 aliphatic heterocycles. The van der Waals surface area contributed by atoms with Crippen LogP contribution >= 0.6 is 0 Å². The number of fused-ring (bicyclic) bond motifs is 1. The van der Waals surface area contributed by atoms with Crippen LogP contribution in [0.5, 0.6) is 5.75 Å². The summed E-state index contributed by atoms with van der Waals surface area (Å²) in [7, 11) is 1.66. The number of carbonyl (C=O) groups excluding carboxylic acids is 1. The summed E-state index contributed by atoms with van der Waals surface area (Å²) in [5.41, 5.74) is 3.13. The number of hydrogen-bond donors (Lipinski definition) is 3. The Kier molecular flexibility index (Phi) is 6.26. The summed E-state index contributed by atoms with van der Waals surface area (Å²) in [5, 5.41) is 10.3. The van der Waals surface area contributed by atoms with E-state index in [1.165, 1.54) is 6.92 Å². The standard InChI is InChI=1S/C21H25N5O2/c1-14-4-9-19-18(12-14)20(24-13-16-5-7-17(28-3)8-6-16)26-21(25-19)23-11-10-22-15(2)27/h4-9,12H,10-11,13H2,1-3H3,(H,22,27)(H2,23,24,25,26). The fourth-order valence-corrected chi connectivity index (χ4v) is 2.80. The summed E-state index contributed by atoms with van der Waals surface area (Å²) in [5.74, 6) is 2.07. The first-order valence-corrected chi connectivity index (χ1v) is 9.18. The molecule has 1 amide bonds. The first kappa shape index (κ1) is 19.4. The van der Waals surface area contributed by atoms with Gasteiger partial charge in [0.1, 0.15) is 11.6 Å². The predicted octanol–water partition coefficient (Wildman–Crippen LogP) is 3.11. The van der Waals surface area contributed by atoms with Gasteiger partial charge >= 0.3 is 0 Å². The molecule has 0 saturated carbocycles. The highest BCUT2D eigenvalue weighted by Gasteiger charge is 2.08. The Hall–Kier alpha value is -3.35. The van der Waals surface area contributed by atoms with Crippen LogP contribution in [-0.2, 0) is 11.3 Å². The second-order valence-electron chi connectivity index (χ2n) is 6.53. The number of rotatable bonds is 8. The maximum absolute atomic E-state index is 11.0. The van der Waals surface area contributed by atoms with Gasteiger partial charge in [0.25, 0.3) is 0 Å². The lowest BCUT2D eigenvalue weighted by Gasteiger charge is -2.13. The van der Waals surface area contributed by atoms with Crippen molar-refractivity contribution in [3.63, 3.8) is 0 Å². The Morgan fingerprint density at radius 2 is 1.82 bits per heavy atom. The van der Waals surface area contributed by atoms with E-state index in [2.05, 4.69) is 32.0 Å². The summed E-state index contributed by atoms with van der Waals surface area (Å²) in [6.45, 7) is 5.24. The molecule has 7 heteroatoms. The van der Waals surface area contributed by atoms with E-state index in [0.717, 1.165) is 33.6 Å². The van der Waals surface area contributed by atoms with E-state index in [0.29, 0.717) is 25.6 Å². The van der Waals surface area contributed by atoms with Crippen molar-refractivity contribution >= 4 is 28.6 Å². The van der Waals surface area contributed by atoms with Crippen molar-refractivity contribution < 1.29 is 9.53 Å². The number of ether oxygens (including phenoxy) is 1. The Morgan fingerprint density at radius 3 is 2.54 bits per heavy atom. The Bertz CT molecular complexity index is 957. The summed E-state index contributed by atoms with van der Waals surface area (Å²) in [6, 6.07) is 14.0. The lowest BCUT2D eigenvalue weighted by atomic mass is 10.1. The fourth-order valence-electron chi connectivity index (χ4n) is 2.80. The number of aromatic nitrogens is 2. The number of benzene rings is 2. The summed E-state index contributed by atoms with van der Waals surface area (Å²) < 4.78 is 5.20. The Morgan fingerprint density at radius 1 is 1.04 bits per heavy atom. The molecule has 1 heterocycles. The third-order valence-corrected chi connectivity index (χ3v) is 4.25. The molecule has 0 aliphatic rings. The van der Waals surface area contributed by atoms with Gasteiger partial charge in [-0.3, -0.25) is 4.79 Å². The van der Waals surface area contributed by atoms with Gasteiger partial charge in [-0.2, -0.15) is 4.98 Å². The zero-order valence-electron chi connectivity index (χ0n) is 16.4. The molecule has 146 valence electrons. The zero-order chi connectivity index (χ0) is 19.9. The normalized spacial score (nSPS) is 10.5. The number of amides is 1. The molecule has 0 aliphatic carbocycles. The van der Waals surface area contributed by atoms with Crippen LogP contribution in [0.4, 0.5) is 11.8 Å². The van der Waals surface area contributed by atoms with E-state index < -0.39 is 0 Å². The molecule has 3 aromatic rings. The van der Waals surface area contributed by atoms with Crippen molar-refractivity contribution in [3.8, 4) is 5.75 Å². The molecule has 3 rings (SSSR count). The van der Waals surface area contributed by atoms with Gasteiger partial charge < -0.3 is 20.7 Å². The minimum atomic E-state index is -0.0569. The average Bonchev–Trinajstić information content (AvgIpc) is 2.70. The summed E-state index contributed by atoms with van der Waals surface area (Å²) >= 11 is 0. The first-order valence-electron chi connectivity index (χ1n) is 9.18. The highest BCUT2D eigenvalue weighted by molar-refractivity contribution is 5.90. The third-order valence-electron chi connectivity index (χ3n) is 4.25. The van der Waals surface area contributed by atoms with Gasteiger partial charge in [-0.1, -0.05) is 23.8 Å². The number of aryl methyl sites for hydroxylation is 1. The molecule has 0 spiro atoms. The number of hydrogen-bond acceptors (Lipinski definition) is 6. The topological polar surface area (TPSA) is 88.2 Å². The van der Waals surface area contributed by atoms with Crippen molar-refractivity contribution in [2.24, 2.45) is 0 Å². The van der Waals surface area contributed by atoms with Crippen LogP contribution in [0.3, 0.4) is 0 Å². The minimum Gasteiger partial charge on any atom is -0.497 e. The van der Waals surface area contributed by atoms with Gasteiger partial charge in [-0.15, -0.1) is 0 Å². The summed E-state index contributed by atoms with van der Waals surface area (Å²) in [4.78, 5) is 20.2. The number of methoxy groups -OCH3 is 1. The van der Waals surface area contributed by atoms with Crippen molar-refractivity contribution in [1.82, 2.24) is 15.3 Å². The van der Waals surface area contributed by atoms with Crippen molar-refractivity contribution in [2.75, 3.05) is 30.8 Å². The molecule has 0 unspecified atom stereocenters. The Labute approximate surface area is 164 Å². The number of nitrogens with one attached hydrogen (secondary N) is 3. The molecular formula is C21H25N5O2. The number of anilines is 2. The van der Waals surface area contributed by atoms with Gasteiger partial charge in [0, 0.05) is 31.9 Å². The van der Waals surface area contributed by atoms with Crippen LogP contribution in [0, 0.1) is 6.92 Å². The third kappa shape index (κ3) is 5.09. The average molecular weight is 379 g/mol. The van der Waals surface area contributed by atoms with Crippen LogP contribution in [0.25, 0.3) is 10.9 Å². The largest absolute Gasteiger partial charge is 0.497 e.